The zero-order valence-electron chi connectivity index (χ0n) is 40.3. The van der Waals surface area contributed by atoms with Crippen LogP contribution in [-0.2, 0) is 36.5 Å². The van der Waals surface area contributed by atoms with Gasteiger partial charge in [0.05, 0.1) is 31.3 Å². The van der Waals surface area contributed by atoms with Gasteiger partial charge in [0.25, 0.3) is 0 Å². The maximum Gasteiger partial charge on any atom is 0.228 e. The molecule has 0 fully saturated rings. The zero-order valence-corrected chi connectivity index (χ0v) is 42.0. The first-order valence-electron chi connectivity index (χ1n) is 22.4. The molecule has 0 saturated heterocycles. The lowest BCUT2D eigenvalue weighted by atomic mass is 9.98. The molecule has 0 aliphatic carbocycles. The van der Waals surface area contributed by atoms with Crippen LogP contribution in [0, 0.1) is 13.8 Å². The highest BCUT2D eigenvalue weighted by molar-refractivity contribution is 8.01. The molecule has 0 spiro atoms. The Hall–Kier alpha value is -6.90. The topological polar surface area (TPSA) is 145 Å². The molecule has 0 aliphatic rings. The van der Waals surface area contributed by atoms with Gasteiger partial charge in [-0.1, -0.05) is 162 Å². The summed E-state index contributed by atoms with van der Waals surface area (Å²) in [6.07, 6.45) is 0.648. The van der Waals surface area contributed by atoms with E-state index in [2.05, 4.69) is 107 Å². The molecule has 2 aromatic heterocycles. The number of anilines is 2. The number of carbonyl (C=O) groups is 2. The maximum absolute atomic E-state index is 13.0. The summed E-state index contributed by atoms with van der Waals surface area (Å²) in [7, 11) is 3.57. The van der Waals surface area contributed by atoms with E-state index in [1.165, 1.54) is 15.9 Å². The second-order valence-corrected chi connectivity index (χ2v) is 22.3. The maximum atomic E-state index is 13.0. The second-order valence-electron chi connectivity index (χ2n) is 18.6. The molecule has 0 aliphatic heterocycles. The summed E-state index contributed by atoms with van der Waals surface area (Å²) in [5.74, 6) is 1.17. The molecule has 6 aromatic carbocycles. The number of aromatic nitrogens is 8. The van der Waals surface area contributed by atoms with Crippen LogP contribution in [0.4, 0.5) is 11.4 Å². The standard InChI is InChI=1S/2C27H29N5OS/c1-18-10-12-19(13-11-18)16-25(33)28-23-17-20(14-15-24(23)34-27(2,3)4)21-8-6-7-9-22(21)26-29-30-31-32(26)5;1-18-10-12-19(13-11-18)16-25(33)28-23-17-20(14-15-24(23)34-27(2,3)4)21-8-6-7-9-22(21)26-29-31-32(5)30-26/h2*6-15,17H,16H2,1-5H3,(H,28,33). The first-order valence-corrected chi connectivity index (χ1v) is 24.0. The van der Waals surface area contributed by atoms with E-state index < -0.39 is 0 Å². The molecule has 2 N–H and O–H groups in total. The van der Waals surface area contributed by atoms with Gasteiger partial charge in [-0.25, -0.2) is 4.68 Å². The van der Waals surface area contributed by atoms with Gasteiger partial charge in [-0.3, -0.25) is 9.59 Å². The number of hydrogen-bond donors (Lipinski definition) is 2. The SMILES string of the molecule is Cc1ccc(CC(=O)Nc2cc(-c3ccccc3-c3nnn(C)n3)ccc2SC(C)(C)C)cc1.Cc1ccc(CC(=O)Nc2cc(-c3ccccc3-c3nnnn3C)ccc2SC(C)(C)C)cc1. The second kappa shape index (κ2) is 21.4. The lowest BCUT2D eigenvalue weighted by Gasteiger charge is -2.21. The van der Waals surface area contributed by atoms with E-state index in [0.29, 0.717) is 24.5 Å². The summed E-state index contributed by atoms with van der Waals surface area (Å²) in [5.41, 5.74) is 11.7. The van der Waals surface area contributed by atoms with Gasteiger partial charge in [0.2, 0.25) is 17.6 Å². The average Bonchev–Trinajstić information content (AvgIpc) is 3.93. The van der Waals surface area contributed by atoms with E-state index in [1.54, 1.807) is 35.3 Å². The number of carbonyl (C=O) groups excluding carboxylic acids is 2. The van der Waals surface area contributed by atoms with Crippen molar-refractivity contribution < 1.29 is 9.59 Å². The fraction of sp³-hybridized carbons (Fsp3) is 0.259. The van der Waals surface area contributed by atoms with E-state index >= 15 is 0 Å². The Morgan fingerprint density at radius 2 is 0.985 bits per heavy atom. The van der Waals surface area contributed by atoms with E-state index in [0.717, 1.165) is 65.7 Å². The summed E-state index contributed by atoms with van der Waals surface area (Å²) in [6.45, 7) is 17.1. The Morgan fingerprint density at radius 1 is 0.544 bits per heavy atom. The fourth-order valence-electron chi connectivity index (χ4n) is 7.31. The van der Waals surface area contributed by atoms with Crippen LogP contribution in [0.3, 0.4) is 0 Å². The molecule has 8 aromatic rings. The first kappa shape index (κ1) is 49.0. The number of rotatable bonds is 12. The lowest BCUT2D eigenvalue weighted by Crippen LogP contribution is -2.16. The zero-order chi connectivity index (χ0) is 48.6. The van der Waals surface area contributed by atoms with Crippen molar-refractivity contribution in [3.8, 4) is 45.0 Å². The van der Waals surface area contributed by atoms with Crippen molar-refractivity contribution in [2.75, 3.05) is 10.6 Å². The minimum absolute atomic E-state index is 0.000157. The highest BCUT2D eigenvalue weighted by Crippen LogP contribution is 2.42. The Bertz CT molecular complexity index is 3020. The Labute approximate surface area is 407 Å². The predicted octanol–water partition coefficient (Wildman–Crippen LogP) is 11.8. The molecule has 0 bridgehead atoms. The van der Waals surface area contributed by atoms with Gasteiger partial charge in [-0.2, -0.15) is 4.80 Å². The summed E-state index contributed by atoms with van der Waals surface area (Å²) < 4.78 is 1.66. The molecule has 12 nitrogen and oxygen atoms in total. The van der Waals surface area contributed by atoms with Crippen molar-refractivity contribution in [2.24, 2.45) is 14.1 Å². The lowest BCUT2D eigenvalue weighted by molar-refractivity contribution is -0.116. The van der Waals surface area contributed by atoms with Gasteiger partial charge in [-0.05, 0) is 87.1 Å². The number of nitrogens with one attached hydrogen (secondary N) is 2. The molecule has 14 heteroatoms. The van der Waals surface area contributed by atoms with Crippen molar-refractivity contribution in [2.45, 2.75) is 87.5 Å². The number of nitrogens with zero attached hydrogens (tertiary/aromatic N) is 8. The van der Waals surface area contributed by atoms with Crippen LogP contribution >= 0.6 is 23.5 Å². The Morgan fingerprint density at radius 3 is 1.40 bits per heavy atom. The van der Waals surface area contributed by atoms with Crippen LogP contribution in [0.25, 0.3) is 45.0 Å². The highest BCUT2D eigenvalue weighted by atomic mass is 32.2. The molecule has 2 heterocycles. The van der Waals surface area contributed by atoms with E-state index in [1.807, 2.05) is 130 Å². The van der Waals surface area contributed by atoms with Crippen LogP contribution in [0.5, 0.6) is 0 Å². The summed E-state index contributed by atoms with van der Waals surface area (Å²) in [6, 6.07) is 44.5. The number of hydrogen-bond acceptors (Lipinski definition) is 10. The van der Waals surface area contributed by atoms with Gasteiger partial charge in [0, 0.05) is 37.5 Å². The average molecular weight is 943 g/mol. The normalized spacial score (nSPS) is 11.4. The Kier molecular flexibility index (Phi) is 15.4. The van der Waals surface area contributed by atoms with Crippen LogP contribution in [-0.4, -0.2) is 61.7 Å². The number of tetrazole rings is 2. The molecule has 0 unspecified atom stereocenters. The molecule has 0 saturated carbocycles. The van der Waals surface area contributed by atoms with Crippen molar-refractivity contribution in [1.29, 1.82) is 0 Å². The van der Waals surface area contributed by atoms with Crippen LogP contribution < -0.4 is 10.6 Å². The van der Waals surface area contributed by atoms with Gasteiger partial charge >= 0.3 is 0 Å². The molecular weight excluding hydrogens is 885 g/mol. The van der Waals surface area contributed by atoms with Crippen LogP contribution in [0.2, 0.25) is 0 Å². The highest BCUT2D eigenvalue weighted by Gasteiger charge is 2.21. The third kappa shape index (κ3) is 13.4. The number of thioether (sulfide) groups is 2. The van der Waals surface area contributed by atoms with Crippen LogP contribution in [0.1, 0.15) is 63.8 Å². The van der Waals surface area contributed by atoms with E-state index in [9.17, 15) is 9.59 Å². The van der Waals surface area contributed by atoms with Crippen molar-refractivity contribution in [3.63, 3.8) is 0 Å². The number of aryl methyl sites for hydroxylation is 4. The Balaban J connectivity index is 0.000000201. The molecule has 348 valence electrons. The molecule has 8 rings (SSSR count). The smallest absolute Gasteiger partial charge is 0.228 e. The monoisotopic (exact) mass is 942 g/mol. The van der Waals surface area contributed by atoms with Crippen molar-refractivity contribution in [1.82, 2.24) is 40.4 Å². The minimum Gasteiger partial charge on any atom is -0.325 e. The summed E-state index contributed by atoms with van der Waals surface area (Å²) >= 11 is 3.47. The van der Waals surface area contributed by atoms with Crippen molar-refractivity contribution >= 4 is 46.7 Å². The van der Waals surface area contributed by atoms with E-state index in [-0.39, 0.29) is 21.3 Å². The third-order valence-electron chi connectivity index (χ3n) is 10.4. The fourth-order valence-corrected chi connectivity index (χ4v) is 9.34. The summed E-state index contributed by atoms with van der Waals surface area (Å²) in [5, 5.41) is 30.8. The largest absolute Gasteiger partial charge is 0.325 e. The third-order valence-corrected chi connectivity index (χ3v) is 12.8. The van der Waals surface area contributed by atoms with Crippen LogP contribution in [0.15, 0.2) is 143 Å². The molecule has 68 heavy (non-hydrogen) atoms. The molecule has 0 radical (unpaired) electrons. The predicted molar refractivity (Wildman–Crippen MR) is 278 cm³/mol. The van der Waals surface area contributed by atoms with Gasteiger partial charge in [0.1, 0.15) is 0 Å². The number of benzene rings is 6. The van der Waals surface area contributed by atoms with Crippen molar-refractivity contribution in [3.05, 3.63) is 156 Å². The molecule has 2 amide bonds. The quantitative estimate of drug-likeness (QED) is 0.114. The van der Waals surface area contributed by atoms with E-state index in [4.69, 9.17) is 0 Å². The van der Waals surface area contributed by atoms with Gasteiger partial charge in [-0.15, -0.1) is 38.8 Å². The molecule has 0 atom stereocenters. The number of amides is 2. The molecular formula is C54H58N10O2S2. The summed E-state index contributed by atoms with van der Waals surface area (Å²) in [4.78, 5) is 29.5. The first-order chi connectivity index (χ1) is 32.4. The van der Waals surface area contributed by atoms with Gasteiger partial charge < -0.3 is 10.6 Å². The minimum atomic E-state index is -0.0411. The van der Waals surface area contributed by atoms with Gasteiger partial charge in [0.15, 0.2) is 5.82 Å².